The number of phenols is 2. The molecule has 0 spiro atoms. The molecule has 0 aromatic heterocycles. The average Bonchev–Trinajstić information content (AvgIpc) is 2.56. The van der Waals surface area contributed by atoms with Crippen molar-refractivity contribution in [3.05, 3.63) is 47.5 Å². The van der Waals surface area contributed by atoms with E-state index >= 15 is 0 Å². The van der Waals surface area contributed by atoms with Crippen molar-refractivity contribution in [2.45, 2.75) is 18.1 Å². The quantitative estimate of drug-likeness (QED) is 0.795. The van der Waals surface area contributed by atoms with Crippen LogP contribution in [-0.2, 0) is 11.2 Å². The van der Waals surface area contributed by atoms with Crippen molar-refractivity contribution in [1.29, 1.82) is 0 Å². The zero-order valence-corrected chi connectivity index (χ0v) is 13.5. The third-order valence-corrected chi connectivity index (χ3v) is 4.24. The maximum absolute atomic E-state index is 11.1. The van der Waals surface area contributed by atoms with E-state index < -0.39 is 11.7 Å². The second kappa shape index (κ2) is 6.22. The number of benzene rings is 2. The number of aliphatic hydroxyl groups is 1. The number of aromatic hydroxyl groups is 2. The summed E-state index contributed by atoms with van der Waals surface area (Å²) in [6, 6.07) is 9.63. The first-order valence-electron chi connectivity index (χ1n) is 7.53. The van der Waals surface area contributed by atoms with Gasteiger partial charge in [-0.15, -0.1) is 0 Å². The summed E-state index contributed by atoms with van der Waals surface area (Å²) < 4.78 is 16.3. The lowest BCUT2D eigenvalue weighted by Crippen LogP contribution is -2.48. The molecule has 0 bridgehead atoms. The summed E-state index contributed by atoms with van der Waals surface area (Å²) in [6.45, 7) is 0.0190. The van der Waals surface area contributed by atoms with Gasteiger partial charge < -0.3 is 29.5 Å². The Bertz CT molecular complexity index is 744. The van der Waals surface area contributed by atoms with Crippen LogP contribution in [0.5, 0.6) is 23.0 Å². The summed E-state index contributed by atoms with van der Waals surface area (Å²) in [6.07, 6.45) is -0.357. The van der Waals surface area contributed by atoms with Crippen molar-refractivity contribution in [3.8, 4) is 23.0 Å². The molecule has 0 radical (unpaired) electrons. The number of ether oxygens (including phenoxy) is 3. The van der Waals surface area contributed by atoms with Gasteiger partial charge in [0.25, 0.3) is 0 Å². The minimum atomic E-state index is -1.29. The van der Waals surface area contributed by atoms with Crippen molar-refractivity contribution in [2.24, 2.45) is 0 Å². The maximum Gasteiger partial charge on any atom is 0.160 e. The van der Waals surface area contributed by atoms with Crippen molar-refractivity contribution < 1.29 is 29.5 Å². The SMILES string of the molecule is COc1cc(C[C@@]2(O)COc3cc(O)ccc3[C@@H]2OC)ccc1O. The number of hydrogen-bond donors (Lipinski definition) is 3. The van der Waals surface area contributed by atoms with E-state index in [-0.39, 0.29) is 24.5 Å². The molecule has 3 N–H and O–H groups in total. The van der Waals surface area contributed by atoms with Crippen LogP contribution in [0.4, 0.5) is 0 Å². The Morgan fingerprint density at radius 2 is 1.96 bits per heavy atom. The van der Waals surface area contributed by atoms with E-state index in [2.05, 4.69) is 0 Å². The number of rotatable bonds is 4. The van der Waals surface area contributed by atoms with Crippen LogP contribution >= 0.6 is 0 Å². The molecular formula is C18H20O6. The second-order valence-electron chi connectivity index (χ2n) is 5.91. The minimum Gasteiger partial charge on any atom is -0.508 e. The van der Waals surface area contributed by atoms with Crippen LogP contribution in [0.25, 0.3) is 0 Å². The van der Waals surface area contributed by atoms with Crippen molar-refractivity contribution >= 4 is 0 Å². The molecule has 0 amide bonds. The number of phenolic OH excluding ortho intramolecular Hbond substituents is 2. The average molecular weight is 332 g/mol. The largest absolute Gasteiger partial charge is 0.508 e. The van der Waals surface area contributed by atoms with Gasteiger partial charge in [-0.1, -0.05) is 6.07 Å². The van der Waals surface area contributed by atoms with Gasteiger partial charge in [-0.05, 0) is 29.8 Å². The van der Waals surface area contributed by atoms with Gasteiger partial charge in [-0.25, -0.2) is 0 Å². The van der Waals surface area contributed by atoms with E-state index in [1.54, 1.807) is 18.2 Å². The molecule has 3 rings (SSSR count). The summed E-state index contributed by atoms with van der Waals surface area (Å²) in [4.78, 5) is 0. The molecule has 0 fully saturated rings. The number of fused-ring (bicyclic) bond motifs is 1. The molecule has 2 aromatic rings. The van der Waals surface area contributed by atoms with E-state index in [0.717, 1.165) is 5.56 Å². The Balaban J connectivity index is 1.93. The van der Waals surface area contributed by atoms with Crippen LogP contribution in [0.3, 0.4) is 0 Å². The fourth-order valence-corrected chi connectivity index (χ4v) is 3.11. The zero-order chi connectivity index (χ0) is 17.3. The Labute approximate surface area is 139 Å². The minimum absolute atomic E-state index is 0.0190. The molecular weight excluding hydrogens is 312 g/mol. The predicted molar refractivity (Wildman–Crippen MR) is 86.7 cm³/mol. The van der Waals surface area contributed by atoms with Crippen molar-refractivity contribution in [1.82, 2.24) is 0 Å². The smallest absolute Gasteiger partial charge is 0.160 e. The molecule has 0 unspecified atom stereocenters. The van der Waals surface area contributed by atoms with Gasteiger partial charge in [-0.3, -0.25) is 0 Å². The molecule has 1 heterocycles. The third-order valence-electron chi connectivity index (χ3n) is 4.24. The molecule has 0 saturated heterocycles. The molecule has 6 heteroatoms. The van der Waals surface area contributed by atoms with Gasteiger partial charge in [0.15, 0.2) is 11.5 Å². The highest BCUT2D eigenvalue weighted by Crippen LogP contribution is 2.43. The monoisotopic (exact) mass is 332 g/mol. The first-order chi connectivity index (χ1) is 11.5. The van der Waals surface area contributed by atoms with E-state index in [1.807, 2.05) is 0 Å². The van der Waals surface area contributed by atoms with Crippen LogP contribution in [0.15, 0.2) is 36.4 Å². The van der Waals surface area contributed by atoms with Crippen molar-refractivity contribution in [3.63, 3.8) is 0 Å². The Morgan fingerprint density at radius 1 is 1.17 bits per heavy atom. The van der Waals surface area contributed by atoms with E-state index in [9.17, 15) is 15.3 Å². The van der Waals surface area contributed by atoms with Crippen LogP contribution in [0.1, 0.15) is 17.2 Å². The zero-order valence-electron chi connectivity index (χ0n) is 13.5. The highest BCUT2D eigenvalue weighted by atomic mass is 16.5. The van der Waals surface area contributed by atoms with Crippen LogP contribution < -0.4 is 9.47 Å². The molecule has 1 aliphatic rings. The fraction of sp³-hybridized carbons (Fsp3) is 0.333. The first kappa shape index (κ1) is 16.4. The standard InChI is InChI=1S/C18H20O6/c1-22-16-7-11(3-6-14(16)20)9-18(21)10-24-15-8-12(19)4-5-13(15)17(18)23-2/h3-8,17,19-21H,9-10H2,1-2H3/t17-,18+/m0/s1. The van der Waals surface area contributed by atoms with Gasteiger partial charge in [0.1, 0.15) is 29.8 Å². The topological polar surface area (TPSA) is 88.4 Å². The summed E-state index contributed by atoms with van der Waals surface area (Å²) in [5.41, 5.74) is 0.163. The lowest BCUT2D eigenvalue weighted by Gasteiger charge is -2.40. The lowest BCUT2D eigenvalue weighted by atomic mass is 9.83. The molecule has 2 atom stereocenters. The number of hydrogen-bond acceptors (Lipinski definition) is 6. The highest BCUT2D eigenvalue weighted by molar-refractivity contribution is 5.46. The van der Waals surface area contributed by atoms with E-state index in [1.165, 1.54) is 32.4 Å². The van der Waals surface area contributed by atoms with Crippen LogP contribution in [0, 0.1) is 0 Å². The van der Waals surface area contributed by atoms with E-state index in [0.29, 0.717) is 17.1 Å². The Morgan fingerprint density at radius 3 is 2.67 bits per heavy atom. The van der Waals surface area contributed by atoms with Crippen LogP contribution in [-0.4, -0.2) is 41.7 Å². The van der Waals surface area contributed by atoms with Gasteiger partial charge in [0, 0.05) is 25.2 Å². The fourth-order valence-electron chi connectivity index (χ4n) is 3.11. The molecule has 6 nitrogen and oxygen atoms in total. The molecule has 0 saturated carbocycles. The normalized spacial score (nSPS) is 22.5. The van der Waals surface area contributed by atoms with Gasteiger partial charge in [-0.2, -0.15) is 0 Å². The van der Waals surface area contributed by atoms with E-state index in [4.69, 9.17) is 14.2 Å². The summed E-state index contributed by atoms with van der Waals surface area (Å²) in [7, 11) is 2.99. The second-order valence-corrected chi connectivity index (χ2v) is 5.91. The van der Waals surface area contributed by atoms with Gasteiger partial charge in [0.2, 0.25) is 0 Å². The maximum atomic E-state index is 11.1. The van der Waals surface area contributed by atoms with Crippen molar-refractivity contribution in [2.75, 3.05) is 20.8 Å². The molecule has 1 aliphatic heterocycles. The Hall–Kier alpha value is -2.44. The third kappa shape index (κ3) is 2.86. The molecule has 2 aromatic carbocycles. The molecule has 128 valence electrons. The lowest BCUT2D eigenvalue weighted by molar-refractivity contribution is -0.129. The Kier molecular flexibility index (Phi) is 4.26. The first-order valence-corrected chi connectivity index (χ1v) is 7.53. The number of methoxy groups -OCH3 is 2. The summed E-state index contributed by atoms with van der Waals surface area (Å²) in [5, 5.41) is 30.4. The van der Waals surface area contributed by atoms with Crippen LogP contribution in [0.2, 0.25) is 0 Å². The molecule has 0 aliphatic carbocycles. The van der Waals surface area contributed by atoms with Gasteiger partial charge >= 0.3 is 0 Å². The summed E-state index contributed by atoms with van der Waals surface area (Å²) >= 11 is 0. The predicted octanol–water partition coefficient (Wildman–Crippen LogP) is 2.16. The summed E-state index contributed by atoms with van der Waals surface area (Å²) in [5.74, 6) is 0.969. The highest BCUT2D eigenvalue weighted by Gasteiger charge is 2.44. The molecule has 24 heavy (non-hydrogen) atoms. The van der Waals surface area contributed by atoms with Gasteiger partial charge in [0.05, 0.1) is 7.11 Å².